The zero-order valence-corrected chi connectivity index (χ0v) is 7.74. The normalized spacial score (nSPS) is 11.6. The van der Waals surface area contributed by atoms with Gasteiger partial charge in [-0.2, -0.15) is 0 Å². The van der Waals surface area contributed by atoms with Gasteiger partial charge in [0.2, 0.25) is 0 Å². The highest BCUT2D eigenvalue weighted by Gasteiger charge is 2.15. The Bertz CT molecular complexity index is 270. The van der Waals surface area contributed by atoms with E-state index in [1.807, 2.05) is 4.57 Å². The van der Waals surface area contributed by atoms with Crippen molar-refractivity contribution in [1.29, 1.82) is 0 Å². The molecule has 0 aliphatic rings. The molecule has 1 heterocycles. The molecule has 0 N–H and O–H groups in total. The van der Waals surface area contributed by atoms with Crippen LogP contribution in [-0.4, -0.2) is 15.8 Å². The molecule has 3 heteroatoms. The Labute approximate surface area is 72.4 Å². The van der Waals surface area contributed by atoms with Gasteiger partial charge in [-0.1, -0.05) is 0 Å². The second kappa shape index (κ2) is 3.09. The van der Waals surface area contributed by atoms with Crippen molar-refractivity contribution in [3.8, 4) is 0 Å². The van der Waals surface area contributed by atoms with Crippen molar-refractivity contribution >= 4 is 6.29 Å². The second-order valence-electron chi connectivity index (χ2n) is 3.80. The molecule has 1 aromatic heterocycles. The molecule has 0 radical (unpaired) electrons. The van der Waals surface area contributed by atoms with E-state index in [2.05, 4.69) is 25.8 Å². The molecule has 0 saturated carbocycles. The van der Waals surface area contributed by atoms with Crippen molar-refractivity contribution in [2.75, 3.05) is 0 Å². The third-order valence-corrected chi connectivity index (χ3v) is 1.73. The number of nitrogens with zero attached hydrogens (tertiary/aromatic N) is 2. The lowest BCUT2D eigenvalue weighted by Gasteiger charge is -2.22. The molecule has 0 atom stereocenters. The van der Waals surface area contributed by atoms with Gasteiger partial charge in [0, 0.05) is 23.9 Å². The van der Waals surface area contributed by atoms with E-state index in [1.54, 1.807) is 12.5 Å². The first-order valence-corrected chi connectivity index (χ1v) is 4.01. The fourth-order valence-electron chi connectivity index (χ4n) is 1.16. The molecule has 3 nitrogen and oxygen atoms in total. The molecule has 0 aliphatic heterocycles. The first kappa shape index (κ1) is 8.97. The number of hydrogen-bond acceptors (Lipinski definition) is 2. The molecule has 0 aliphatic carbocycles. The lowest BCUT2D eigenvalue weighted by molar-refractivity contribution is -0.107. The predicted molar refractivity (Wildman–Crippen MR) is 47.0 cm³/mol. The van der Waals surface area contributed by atoms with E-state index >= 15 is 0 Å². The van der Waals surface area contributed by atoms with Crippen molar-refractivity contribution in [3.63, 3.8) is 0 Å². The van der Waals surface area contributed by atoms with Crippen molar-refractivity contribution in [2.24, 2.45) is 0 Å². The second-order valence-corrected chi connectivity index (χ2v) is 3.80. The lowest BCUT2D eigenvalue weighted by atomic mass is 10.1. The monoisotopic (exact) mass is 166 g/mol. The maximum absolute atomic E-state index is 10.3. The Morgan fingerprint density at radius 1 is 1.58 bits per heavy atom. The minimum Gasteiger partial charge on any atom is -0.329 e. The SMILES string of the molecule is CC(C)(C)n1cncc1CC=O. The first-order valence-electron chi connectivity index (χ1n) is 4.01. The third-order valence-electron chi connectivity index (χ3n) is 1.73. The quantitative estimate of drug-likeness (QED) is 0.622. The number of aromatic nitrogens is 2. The molecule has 0 aromatic carbocycles. The first-order chi connectivity index (χ1) is 5.55. The highest BCUT2D eigenvalue weighted by Crippen LogP contribution is 2.15. The van der Waals surface area contributed by atoms with Crippen molar-refractivity contribution in [2.45, 2.75) is 32.7 Å². The van der Waals surface area contributed by atoms with Crippen LogP contribution in [0.25, 0.3) is 0 Å². The molecular formula is C9H14N2O. The van der Waals surface area contributed by atoms with Crippen LogP contribution in [-0.2, 0) is 16.8 Å². The van der Waals surface area contributed by atoms with E-state index in [4.69, 9.17) is 0 Å². The van der Waals surface area contributed by atoms with Crippen LogP contribution in [0.5, 0.6) is 0 Å². The summed E-state index contributed by atoms with van der Waals surface area (Å²) in [5, 5.41) is 0. The molecule has 0 bridgehead atoms. The van der Waals surface area contributed by atoms with Gasteiger partial charge >= 0.3 is 0 Å². The molecular weight excluding hydrogens is 152 g/mol. The third kappa shape index (κ3) is 1.72. The van der Waals surface area contributed by atoms with Gasteiger partial charge in [-0.25, -0.2) is 4.98 Å². The summed E-state index contributed by atoms with van der Waals surface area (Å²) in [6.45, 7) is 6.26. The smallest absolute Gasteiger partial charge is 0.125 e. The molecule has 1 rings (SSSR count). The Morgan fingerprint density at radius 2 is 2.25 bits per heavy atom. The molecule has 0 saturated heterocycles. The summed E-state index contributed by atoms with van der Waals surface area (Å²) in [6.07, 6.45) is 4.84. The Morgan fingerprint density at radius 3 is 2.75 bits per heavy atom. The van der Waals surface area contributed by atoms with Crippen LogP contribution >= 0.6 is 0 Å². The van der Waals surface area contributed by atoms with E-state index in [9.17, 15) is 4.79 Å². The zero-order valence-electron chi connectivity index (χ0n) is 7.74. The summed E-state index contributed by atoms with van der Waals surface area (Å²) in [5.41, 5.74) is 0.979. The maximum atomic E-state index is 10.3. The Balaban J connectivity index is 2.99. The van der Waals surface area contributed by atoms with Crippen LogP contribution in [0.4, 0.5) is 0 Å². The van der Waals surface area contributed by atoms with Gasteiger partial charge in [-0.15, -0.1) is 0 Å². The summed E-state index contributed by atoms with van der Waals surface area (Å²) in [7, 11) is 0. The van der Waals surface area contributed by atoms with Crippen LogP contribution in [0.2, 0.25) is 0 Å². The van der Waals surface area contributed by atoms with Crippen molar-refractivity contribution < 1.29 is 4.79 Å². The Hall–Kier alpha value is -1.12. The highest BCUT2D eigenvalue weighted by atomic mass is 16.1. The standard InChI is InChI=1S/C9H14N2O/c1-9(2,3)11-7-10-6-8(11)4-5-12/h5-7H,4H2,1-3H3. The lowest BCUT2D eigenvalue weighted by Crippen LogP contribution is -2.23. The van der Waals surface area contributed by atoms with Crippen LogP contribution in [0.1, 0.15) is 26.5 Å². The van der Waals surface area contributed by atoms with Crippen LogP contribution in [0, 0.1) is 0 Å². The minimum atomic E-state index is 0.00877. The van der Waals surface area contributed by atoms with Gasteiger partial charge < -0.3 is 9.36 Å². The van der Waals surface area contributed by atoms with E-state index < -0.39 is 0 Å². The van der Waals surface area contributed by atoms with Crippen LogP contribution in [0.3, 0.4) is 0 Å². The summed E-state index contributed by atoms with van der Waals surface area (Å²) in [6, 6.07) is 0. The fraction of sp³-hybridized carbons (Fsp3) is 0.556. The fourth-order valence-corrected chi connectivity index (χ4v) is 1.16. The average Bonchev–Trinajstić information content (AvgIpc) is 2.34. The number of carbonyl (C=O) groups excluding carboxylic acids is 1. The van der Waals surface area contributed by atoms with Gasteiger partial charge in [0.05, 0.1) is 6.33 Å². The topological polar surface area (TPSA) is 34.9 Å². The summed E-state index contributed by atoms with van der Waals surface area (Å²) < 4.78 is 2.02. The van der Waals surface area contributed by atoms with Crippen LogP contribution < -0.4 is 0 Å². The molecule has 0 spiro atoms. The van der Waals surface area contributed by atoms with Gasteiger partial charge in [-0.3, -0.25) is 0 Å². The minimum absolute atomic E-state index is 0.00877. The number of hydrogen-bond donors (Lipinski definition) is 0. The van der Waals surface area contributed by atoms with Gasteiger partial charge in [0.15, 0.2) is 0 Å². The number of imidazole rings is 1. The molecule has 1 aromatic rings. The maximum Gasteiger partial charge on any atom is 0.125 e. The van der Waals surface area contributed by atoms with E-state index in [-0.39, 0.29) is 5.54 Å². The molecule has 0 unspecified atom stereocenters. The molecule has 0 amide bonds. The molecule has 12 heavy (non-hydrogen) atoms. The molecule has 66 valence electrons. The molecule has 0 fully saturated rings. The van der Waals surface area contributed by atoms with E-state index in [1.165, 1.54) is 0 Å². The van der Waals surface area contributed by atoms with E-state index in [0.717, 1.165) is 12.0 Å². The summed E-state index contributed by atoms with van der Waals surface area (Å²) >= 11 is 0. The van der Waals surface area contributed by atoms with Gasteiger partial charge in [0.1, 0.15) is 6.29 Å². The number of aldehydes is 1. The summed E-state index contributed by atoms with van der Waals surface area (Å²) in [5.74, 6) is 0. The van der Waals surface area contributed by atoms with Crippen molar-refractivity contribution in [1.82, 2.24) is 9.55 Å². The largest absolute Gasteiger partial charge is 0.329 e. The number of rotatable bonds is 2. The average molecular weight is 166 g/mol. The Kier molecular flexibility index (Phi) is 2.31. The highest BCUT2D eigenvalue weighted by molar-refractivity contribution is 5.53. The predicted octanol–water partition coefficient (Wildman–Crippen LogP) is 1.38. The number of carbonyl (C=O) groups is 1. The summed E-state index contributed by atoms with van der Waals surface area (Å²) in [4.78, 5) is 14.3. The zero-order chi connectivity index (χ0) is 9.19. The van der Waals surface area contributed by atoms with E-state index in [0.29, 0.717) is 6.42 Å². The van der Waals surface area contributed by atoms with Crippen LogP contribution in [0.15, 0.2) is 12.5 Å². The van der Waals surface area contributed by atoms with Gasteiger partial charge in [0.25, 0.3) is 0 Å². The van der Waals surface area contributed by atoms with Crippen molar-refractivity contribution in [3.05, 3.63) is 18.2 Å². The van der Waals surface area contributed by atoms with Gasteiger partial charge in [-0.05, 0) is 20.8 Å².